The van der Waals surface area contributed by atoms with Crippen molar-refractivity contribution in [3.8, 4) is 5.69 Å². The molecule has 3 aromatic rings. The number of carbonyl (C=O) groups excluding carboxylic acids is 1. The Hall–Kier alpha value is -3.61. The van der Waals surface area contributed by atoms with E-state index in [9.17, 15) is 4.79 Å². The van der Waals surface area contributed by atoms with E-state index in [2.05, 4.69) is 46.2 Å². The molecule has 0 bridgehead atoms. The highest BCUT2D eigenvalue weighted by Crippen LogP contribution is 2.17. The average Bonchev–Trinajstić information content (AvgIpc) is 3.13. The first-order valence-electron chi connectivity index (χ1n) is 10.6. The van der Waals surface area contributed by atoms with Gasteiger partial charge in [-0.25, -0.2) is 9.67 Å². The lowest BCUT2D eigenvalue weighted by atomic mass is 10.2. The Morgan fingerprint density at radius 1 is 0.968 bits per heavy atom. The summed E-state index contributed by atoms with van der Waals surface area (Å²) in [5, 5.41) is 14.0. The highest BCUT2D eigenvalue weighted by Gasteiger charge is 2.09. The third kappa shape index (κ3) is 6.18. The molecule has 0 saturated heterocycles. The number of amides is 1. The number of aryl methyl sites for hydroxylation is 2. The molecule has 1 amide bonds. The van der Waals surface area contributed by atoms with Crippen LogP contribution in [0.3, 0.4) is 0 Å². The SMILES string of the molecule is CCNC(=NCc1ccccc1-n1nc(C)cc1C)NCCNC(=O)c1ccccc1. The molecule has 0 atom stereocenters. The molecule has 0 aliphatic carbocycles. The summed E-state index contributed by atoms with van der Waals surface area (Å²) in [6, 6.07) is 19.4. The maximum Gasteiger partial charge on any atom is 0.251 e. The van der Waals surface area contributed by atoms with E-state index in [0.717, 1.165) is 29.2 Å². The number of rotatable bonds is 8. The number of benzene rings is 2. The minimum atomic E-state index is -0.0804. The fourth-order valence-corrected chi connectivity index (χ4v) is 3.28. The van der Waals surface area contributed by atoms with Crippen molar-refractivity contribution in [1.82, 2.24) is 25.7 Å². The Labute approximate surface area is 183 Å². The summed E-state index contributed by atoms with van der Waals surface area (Å²) in [4.78, 5) is 16.9. The molecule has 0 unspecified atom stereocenters. The molecule has 0 fully saturated rings. The van der Waals surface area contributed by atoms with E-state index < -0.39 is 0 Å². The number of hydrogen-bond donors (Lipinski definition) is 3. The van der Waals surface area contributed by atoms with E-state index in [1.165, 1.54) is 0 Å². The fraction of sp³-hybridized carbons (Fsp3) is 0.292. The van der Waals surface area contributed by atoms with Gasteiger partial charge >= 0.3 is 0 Å². The molecule has 162 valence electrons. The Bertz CT molecular complexity index is 1030. The second-order valence-electron chi connectivity index (χ2n) is 7.21. The first-order chi connectivity index (χ1) is 15.1. The van der Waals surface area contributed by atoms with Crippen LogP contribution in [0.4, 0.5) is 0 Å². The number of carbonyl (C=O) groups is 1. The quantitative estimate of drug-likeness (QED) is 0.298. The third-order valence-corrected chi connectivity index (χ3v) is 4.72. The highest BCUT2D eigenvalue weighted by atomic mass is 16.1. The van der Waals surface area contributed by atoms with Gasteiger partial charge in [0.25, 0.3) is 5.91 Å². The molecule has 0 aliphatic heterocycles. The van der Waals surface area contributed by atoms with Crippen LogP contribution in [0.15, 0.2) is 65.7 Å². The molecule has 1 aromatic heterocycles. The summed E-state index contributed by atoms with van der Waals surface area (Å²) in [7, 11) is 0. The van der Waals surface area contributed by atoms with Crippen molar-refractivity contribution >= 4 is 11.9 Å². The summed E-state index contributed by atoms with van der Waals surface area (Å²) in [5.41, 5.74) is 4.85. The van der Waals surface area contributed by atoms with Crippen LogP contribution in [0.5, 0.6) is 0 Å². The van der Waals surface area contributed by atoms with E-state index in [-0.39, 0.29) is 5.91 Å². The normalized spacial score (nSPS) is 11.3. The summed E-state index contributed by atoms with van der Waals surface area (Å²) in [6.07, 6.45) is 0. The number of nitrogens with one attached hydrogen (secondary N) is 3. The van der Waals surface area contributed by atoms with Gasteiger partial charge in [0.2, 0.25) is 0 Å². The number of aliphatic imine (C=N–C) groups is 1. The Morgan fingerprint density at radius 2 is 1.68 bits per heavy atom. The van der Waals surface area contributed by atoms with E-state index in [0.29, 0.717) is 31.2 Å². The van der Waals surface area contributed by atoms with Crippen LogP contribution in [0.1, 0.15) is 34.2 Å². The molecule has 1 heterocycles. The standard InChI is InChI=1S/C24H30N6O/c1-4-25-24(27-15-14-26-23(31)20-10-6-5-7-11-20)28-17-21-12-8-9-13-22(21)30-19(3)16-18(2)29-30/h5-13,16H,4,14-15,17H2,1-3H3,(H,26,31)(H2,25,27,28). The van der Waals surface area contributed by atoms with E-state index in [1.54, 1.807) is 12.1 Å². The van der Waals surface area contributed by atoms with Gasteiger partial charge in [0.15, 0.2) is 5.96 Å². The molecular weight excluding hydrogens is 388 g/mol. The number of aromatic nitrogens is 2. The van der Waals surface area contributed by atoms with Crippen LogP contribution in [0.2, 0.25) is 0 Å². The highest BCUT2D eigenvalue weighted by molar-refractivity contribution is 5.94. The van der Waals surface area contributed by atoms with Gasteiger partial charge in [-0.05, 0) is 50.6 Å². The average molecular weight is 419 g/mol. The monoisotopic (exact) mass is 418 g/mol. The first kappa shape index (κ1) is 22.1. The maximum absolute atomic E-state index is 12.1. The van der Waals surface area contributed by atoms with Crippen molar-refractivity contribution in [2.75, 3.05) is 19.6 Å². The van der Waals surface area contributed by atoms with Crippen LogP contribution in [0.25, 0.3) is 5.69 Å². The number of para-hydroxylation sites is 1. The molecule has 7 nitrogen and oxygen atoms in total. The fourth-order valence-electron chi connectivity index (χ4n) is 3.28. The molecule has 3 rings (SSSR count). The predicted octanol–water partition coefficient (Wildman–Crippen LogP) is 2.97. The number of guanidine groups is 1. The zero-order valence-electron chi connectivity index (χ0n) is 18.4. The van der Waals surface area contributed by atoms with Crippen molar-refractivity contribution in [1.29, 1.82) is 0 Å². The molecule has 0 aliphatic rings. The lowest BCUT2D eigenvalue weighted by molar-refractivity contribution is 0.0954. The smallest absolute Gasteiger partial charge is 0.251 e. The lowest BCUT2D eigenvalue weighted by Gasteiger charge is -2.13. The van der Waals surface area contributed by atoms with Gasteiger partial charge in [-0.2, -0.15) is 5.10 Å². The van der Waals surface area contributed by atoms with Gasteiger partial charge in [0.05, 0.1) is 17.9 Å². The Morgan fingerprint density at radius 3 is 2.39 bits per heavy atom. The topological polar surface area (TPSA) is 83.3 Å². The van der Waals surface area contributed by atoms with Crippen molar-refractivity contribution in [2.45, 2.75) is 27.3 Å². The largest absolute Gasteiger partial charge is 0.357 e. The van der Waals surface area contributed by atoms with Gasteiger partial charge in [0.1, 0.15) is 0 Å². The zero-order valence-corrected chi connectivity index (χ0v) is 18.4. The van der Waals surface area contributed by atoms with Gasteiger partial charge in [-0.15, -0.1) is 0 Å². The van der Waals surface area contributed by atoms with Crippen molar-refractivity contribution in [3.63, 3.8) is 0 Å². The molecule has 0 spiro atoms. The molecular formula is C24H30N6O. The minimum Gasteiger partial charge on any atom is -0.357 e. The molecule has 7 heteroatoms. The second-order valence-corrected chi connectivity index (χ2v) is 7.21. The van der Waals surface area contributed by atoms with Crippen LogP contribution >= 0.6 is 0 Å². The van der Waals surface area contributed by atoms with E-state index >= 15 is 0 Å². The number of nitrogens with zero attached hydrogens (tertiary/aromatic N) is 3. The van der Waals surface area contributed by atoms with Crippen molar-refractivity contribution in [2.24, 2.45) is 4.99 Å². The van der Waals surface area contributed by atoms with Crippen molar-refractivity contribution in [3.05, 3.63) is 83.2 Å². The van der Waals surface area contributed by atoms with Gasteiger partial charge in [-0.3, -0.25) is 4.79 Å². The zero-order chi connectivity index (χ0) is 22.1. The molecule has 2 aromatic carbocycles. The third-order valence-electron chi connectivity index (χ3n) is 4.72. The van der Waals surface area contributed by atoms with E-state index in [1.807, 2.05) is 48.9 Å². The maximum atomic E-state index is 12.1. The van der Waals surface area contributed by atoms with Gasteiger partial charge in [-0.1, -0.05) is 36.4 Å². The molecule has 0 saturated carbocycles. The molecule has 31 heavy (non-hydrogen) atoms. The Kier molecular flexibility index (Phi) is 7.81. The summed E-state index contributed by atoms with van der Waals surface area (Å²) in [6.45, 7) is 8.41. The van der Waals surface area contributed by atoms with E-state index in [4.69, 9.17) is 4.99 Å². The molecule has 3 N–H and O–H groups in total. The molecule has 0 radical (unpaired) electrons. The summed E-state index contributed by atoms with van der Waals surface area (Å²) in [5.74, 6) is 0.628. The van der Waals surface area contributed by atoms with Crippen LogP contribution in [-0.2, 0) is 6.54 Å². The Balaban J connectivity index is 1.60. The summed E-state index contributed by atoms with van der Waals surface area (Å²) >= 11 is 0. The van der Waals surface area contributed by atoms with Crippen LogP contribution in [0, 0.1) is 13.8 Å². The van der Waals surface area contributed by atoms with Gasteiger partial charge in [0, 0.05) is 30.9 Å². The van der Waals surface area contributed by atoms with Crippen molar-refractivity contribution < 1.29 is 4.79 Å². The number of hydrogen-bond acceptors (Lipinski definition) is 3. The van der Waals surface area contributed by atoms with Crippen LogP contribution < -0.4 is 16.0 Å². The lowest BCUT2D eigenvalue weighted by Crippen LogP contribution is -2.41. The minimum absolute atomic E-state index is 0.0804. The first-order valence-corrected chi connectivity index (χ1v) is 10.6. The van der Waals surface area contributed by atoms with Gasteiger partial charge < -0.3 is 16.0 Å². The summed E-state index contributed by atoms with van der Waals surface area (Å²) < 4.78 is 1.96. The second kappa shape index (κ2) is 11.0. The predicted molar refractivity (Wildman–Crippen MR) is 125 cm³/mol. The van der Waals surface area contributed by atoms with Crippen LogP contribution in [-0.4, -0.2) is 41.3 Å².